The lowest BCUT2D eigenvalue weighted by Gasteiger charge is -2.13. The summed E-state index contributed by atoms with van der Waals surface area (Å²) >= 11 is 0. The Morgan fingerprint density at radius 2 is 1.03 bits per heavy atom. The second kappa shape index (κ2) is 11.5. The van der Waals surface area contributed by atoms with Gasteiger partial charge in [0.15, 0.2) is 0 Å². The topological polar surface area (TPSA) is 152 Å². The van der Waals surface area contributed by atoms with Crippen molar-refractivity contribution in [3.05, 3.63) is 95.1 Å². The minimum absolute atomic E-state index is 0.00631. The zero-order chi connectivity index (χ0) is 24.5. The Morgan fingerprint density at radius 1 is 0.647 bits per heavy atom. The van der Waals surface area contributed by atoms with Gasteiger partial charge in [-0.15, -0.1) is 0 Å². The van der Waals surface area contributed by atoms with Crippen molar-refractivity contribution in [3.8, 4) is 11.5 Å². The number of nitrogens with zero attached hydrogens (tertiary/aromatic N) is 2. The van der Waals surface area contributed by atoms with Gasteiger partial charge in [-0.05, 0) is 52.6 Å². The number of ether oxygens (including phenoxy) is 2. The van der Waals surface area contributed by atoms with Gasteiger partial charge >= 0.3 is 12.1 Å². The van der Waals surface area contributed by atoms with Crippen LogP contribution < -0.4 is 20.9 Å². The van der Waals surface area contributed by atoms with Crippen LogP contribution in [0.4, 0.5) is 9.59 Å². The Hall–Kier alpha value is -4.28. The molecule has 0 saturated carbocycles. The van der Waals surface area contributed by atoms with Crippen LogP contribution in [0.15, 0.2) is 72.8 Å². The van der Waals surface area contributed by atoms with Gasteiger partial charge in [-0.25, -0.2) is 19.7 Å². The number of carbonyl (C=O) groups is 2. The molecule has 0 aromatic heterocycles. The van der Waals surface area contributed by atoms with E-state index in [2.05, 4.69) is 0 Å². The van der Waals surface area contributed by atoms with E-state index in [1.54, 1.807) is 48.5 Å². The Morgan fingerprint density at radius 3 is 1.38 bits per heavy atom. The lowest BCUT2D eigenvalue weighted by atomic mass is 10.1. The van der Waals surface area contributed by atoms with Crippen LogP contribution in [0.1, 0.15) is 22.3 Å². The molecule has 10 heteroatoms. The first-order chi connectivity index (χ1) is 16.3. The van der Waals surface area contributed by atoms with E-state index in [0.29, 0.717) is 46.0 Å². The molecule has 0 spiro atoms. The molecule has 0 bridgehead atoms. The molecule has 6 N–H and O–H groups in total. The molecule has 0 saturated heterocycles. The van der Waals surface area contributed by atoms with E-state index in [4.69, 9.17) is 20.9 Å². The van der Waals surface area contributed by atoms with Crippen LogP contribution in [-0.2, 0) is 26.3 Å². The number of primary amides is 2. The first-order valence-electron chi connectivity index (χ1n) is 10.3. The Bertz CT molecular complexity index is 1020. The van der Waals surface area contributed by atoms with Crippen LogP contribution in [0.3, 0.4) is 0 Å². The average Bonchev–Trinajstić information content (AvgIpc) is 2.83. The molecular formula is C24H26N4O6. The molecule has 0 heterocycles. The van der Waals surface area contributed by atoms with Gasteiger partial charge in [0.2, 0.25) is 0 Å². The molecule has 0 unspecified atom stereocenters. The maximum Gasteiger partial charge on any atom is 0.338 e. The van der Waals surface area contributed by atoms with E-state index < -0.39 is 12.1 Å². The Kier molecular flexibility index (Phi) is 8.27. The van der Waals surface area contributed by atoms with Crippen LogP contribution in [0, 0.1) is 0 Å². The van der Waals surface area contributed by atoms with E-state index >= 15 is 0 Å². The van der Waals surface area contributed by atoms with Gasteiger partial charge in [0.1, 0.15) is 24.7 Å². The fourth-order valence-corrected chi connectivity index (χ4v) is 3.03. The van der Waals surface area contributed by atoms with Crippen molar-refractivity contribution in [2.24, 2.45) is 11.5 Å². The summed E-state index contributed by atoms with van der Waals surface area (Å²) in [4.78, 5) is 21.8. The van der Waals surface area contributed by atoms with Crippen LogP contribution in [-0.4, -0.2) is 32.6 Å². The third-order valence-corrected chi connectivity index (χ3v) is 4.82. The van der Waals surface area contributed by atoms with Gasteiger partial charge in [-0.1, -0.05) is 42.5 Å². The van der Waals surface area contributed by atoms with Crippen LogP contribution in [0.5, 0.6) is 11.5 Å². The van der Waals surface area contributed by atoms with Gasteiger partial charge < -0.3 is 20.9 Å². The lowest BCUT2D eigenvalue weighted by Crippen LogP contribution is -2.31. The molecule has 0 aliphatic heterocycles. The summed E-state index contributed by atoms with van der Waals surface area (Å²) in [5, 5.41) is 19.7. The number of nitrogens with two attached hydrogens (primary N) is 2. The van der Waals surface area contributed by atoms with Crippen molar-refractivity contribution in [1.82, 2.24) is 10.1 Å². The normalized spacial score (nSPS) is 10.4. The zero-order valence-electron chi connectivity index (χ0n) is 18.3. The molecule has 3 aromatic rings. The fourth-order valence-electron chi connectivity index (χ4n) is 3.03. The minimum Gasteiger partial charge on any atom is -0.489 e. The first kappa shape index (κ1) is 24.4. The highest BCUT2D eigenvalue weighted by atomic mass is 16.5. The summed E-state index contributed by atoms with van der Waals surface area (Å²) in [5.41, 5.74) is 13.4. The molecule has 3 aromatic carbocycles. The third kappa shape index (κ3) is 7.40. The summed E-state index contributed by atoms with van der Waals surface area (Å²) in [5.74, 6) is 1.29. The molecule has 4 amide bonds. The summed E-state index contributed by atoms with van der Waals surface area (Å²) in [7, 11) is 0. The van der Waals surface area contributed by atoms with Gasteiger partial charge in [0, 0.05) is 0 Å². The number of hydrogen-bond donors (Lipinski definition) is 4. The van der Waals surface area contributed by atoms with Crippen molar-refractivity contribution >= 4 is 12.1 Å². The largest absolute Gasteiger partial charge is 0.489 e. The molecule has 0 radical (unpaired) electrons. The minimum atomic E-state index is -0.917. The molecule has 178 valence electrons. The van der Waals surface area contributed by atoms with Crippen molar-refractivity contribution < 1.29 is 29.5 Å². The van der Waals surface area contributed by atoms with E-state index in [1.165, 1.54) is 0 Å². The van der Waals surface area contributed by atoms with Gasteiger partial charge in [-0.2, -0.15) is 0 Å². The molecule has 34 heavy (non-hydrogen) atoms. The number of rotatable bonds is 10. The number of hydroxylamine groups is 4. The quantitative estimate of drug-likeness (QED) is 0.266. The monoisotopic (exact) mass is 466 g/mol. The van der Waals surface area contributed by atoms with Gasteiger partial charge in [0.05, 0.1) is 13.1 Å². The standard InChI is InChI=1S/C24H26N4O6/c25-23(29)27(31)13-17-4-8-21(9-5-17)33-15-19-2-1-3-20(12-19)16-34-22-10-6-18(7-11-22)14-28(32)24(26)30/h1-12,31-32H,13-16H2,(H2,25,29)(H2,26,30). The predicted molar refractivity (Wildman–Crippen MR) is 122 cm³/mol. The van der Waals surface area contributed by atoms with E-state index in [1.807, 2.05) is 24.3 Å². The van der Waals surface area contributed by atoms with Gasteiger partial charge in [0.25, 0.3) is 0 Å². The number of benzene rings is 3. The maximum atomic E-state index is 10.9. The SMILES string of the molecule is NC(=O)N(O)Cc1ccc(OCc2cccc(COc3ccc(CN(O)C(N)=O)cc3)c2)cc1. The van der Waals surface area contributed by atoms with Crippen molar-refractivity contribution in [2.75, 3.05) is 0 Å². The highest BCUT2D eigenvalue weighted by molar-refractivity contribution is 5.70. The first-order valence-corrected chi connectivity index (χ1v) is 10.3. The molecule has 3 rings (SSSR count). The second-order valence-corrected chi connectivity index (χ2v) is 7.48. The maximum absolute atomic E-state index is 10.9. The number of urea groups is 2. The lowest BCUT2D eigenvalue weighted by molar-refractivity contribution is -0.0470. The fraction of sp³-hybridized carbons (Fsp3) is 0.167. The van der Waals surface area contributed by atoms with Crippen LogP contribution in [0.25, 0.3) is 0 Å². The van der Waals surface area contributed by atoms with E-state index in [9.17, 15) is 20.0 Å². The van der Waals surface area contributed by atoms with Crippen molar-refractivity contribution in [3.63, 3.8) is 0 Å². The number of hydrogen-bond acceptors (Lipinski definition) is 6. The van der Waals surface area contributed by atoms with E-state index in [0.717, 1.165) is 11.1 Å². The smallest absolute Gasteiger partial charge is 0.338 e. The highest BCUT2D eigenvalue weighted by Crippen LogP contribution is 2.18. The Labute approximate surface area is 196 Å². The average molecular weight is 466 g/mol. The molecule has 0 fully saturated rings. The zero-order valence-corrected chi connectivity index (χ0v) is 18.3. The number of amides is 4. The number of carbonyl (C=O) groups excluding carboxylic acids is 2. The summed E-state index contributed by atoms with van der Waals surface area (Å²) in [6.45, 7) is 0.695. The van der Waals surface area contributed by atoms with Crippen molar-refractivity contribution in [2.45, 2.75) is 26.3 Å². The van der Waals surface area contributed by atoms with Crippen LogP contribution >= 0.6 is 0 Å². The molecule has 0 aliphatic carbocycles. The molecular weight excluding hydrogens is 440 g/mol. The second-order valence-electron chi connectivity index (χ2n) is 7.48. The Balaban J connectivity index is 1.49. The highest BCUT2D eigenvalue weighted by Gasteiger charge is 2.08. The predicted octanol–water partition coefficient (Wildman–Crippen LogP) is 3.38. The van der Waals surface area contributed by atoms with E-state index in [-0.39, 0.29) is 13.1 Å². The summed E-state index contributed by atoms with van der Waals surface area (Å²) < 4.78 is 11.6. The summed E-state index contributed by atoms with van der Waals surface area (Å²) in [6, 6.07) is 19.9. The summed E-state index contributed by atoms with van der Waals surface area (Å²) in [6.07, 6.45) is 0. The third-order valence-electron chi connectivity index (χ3n) is 4.82. The van der Waals surface area contributed by atoms with Gasteiger partial charge in [-0.3, -0.25) is 10.4 Å². The molecule has 0 atom stereocenters. The van der Waals surface area contributed by atoms with Crippen LogP contribution in [0.2, 0.25) is 0 Å². The van der Waals surface area contributed by atoms with Crippen molar-refractivity contribution in [1.29, 1.82) is 0 Å². The molecule has 0 aliphatic rings. The molecule has 10 nitrogen and oxygen atoms in total.